The monoisotopic (exact) mass is 315 g/mol. The Bertz CT molecular complexity index is 762. The van der Waals surface area contributed by atoms with E-state index in [0.29, 0.717) is 5.56 Å². The van der Waals surface area contributed by atoms with Gasteiger partial charge in [-0.05, 0) is 46.1 Å². The van der Waals surface area contributed by atoms with Gasteiger partial charge in [0.1, 0.15) is 0 Å². The van der Waals surface area contributed by atoms with Crippen molar-refractivity contribution in [2.24, 2.45) is 0 Å². The van der Waals surface area contributed by atoms with E-state index in [2.05, 4.69) is 4.98 Å². The van der Waals surface area contributed by atoms with Gasteiger partial charge in [0.2, 0.25) is 0 Å². The lowest BCUT2D eigenvalue weighted by molar-refractivity contribution is 0.00578. The molecule has 6 heteroatoms. The Morgan fingerprint density at radius 3 is 2.35 bits per heavy atom. The molecule has 0 spiro atoms. The summed E-state index contributed by atoms with van der Waals surface area (Å²) in [4.78, 5) is 15.2. The van der Waals surface area contributed by atoms with E-state index in [0.717, 1.165) is 22.1 Å². The molecule has 1 N–H and O–H groups in total. The third-order valence-corrected chi connectivity index (χ3v) is 4.93. The van der Waals surface area contributed by atoms with Crippen LogP contribution in [0.1, 0.15) is 43.7 Å². The quantitative estimate of drug-likeness (QED) is 0.683. The van der Waals surface area contributed by atoms with Gasteiger partial charge in [-0.3, -0.25) is 0 Å². The van der Waals surface area contributed by atoms with Gasteiger partial charge in [0.05, 0.1) is 23.9 Å². The second kappa shape index (κ2) is 5.11. The number of aromatic amines is 1. The van der Waals surface area contributed by atoms with Crippen molar-refractivity contribution in [2.75, 3.05) is 7.11 Å². The van der Waals surface area contributed by atoms with Crippen molar-refractivity contribution in [3.05, 3.63) is 29.5 Å². The average Bonchev–Trinajstić information content (AvgIpc) is 2.90. The van der Waals surface area contributed by atoms with Gasteiger partial charge in [-0.2, -0.15) is 0 Å². The van der Waals surface area contributed by atoms with Crippen LogP contribution in [0.4, 0.5) is 0 Å². The molecule has 0 unspecified atom stereocenters. The summed E-state index contributed by atoms with van der Waals surface area (Å²) in [6, 6.07) is 5.81. The van der Waals surface area contributed by atoms with Crippen LogP contribution in [0, 0.1) is 6.92 Å². The molecule has 0 amide bonds. The van der Waals surface area contributed by atoms with Gasteiger partial charge >= 0.3 is 13.1 Å². The predicted octanol–water partition coefficient (Wildman–Crippen LogP) is 2.56. The van der Waals surface area contributed by atoms with Gasteiger partial charge in [-0.15, -0.1) is 0 Å². The number of nitrogens with one attached hydrogen (secondary N) is 1. The zero-order valence-electron chi connectivity index (χ0n) is 14.4. The van der Waals surface area contributed by atoms with Crippen LogP contribution < -0.4 is 5.46 Å². The summed E-state index contributed by atoms with van der Waals surface area (Å²) in [6.07, 6.45) is 0. The van der Waals surface area contributed by atoms with E-state index in [1.54, 1.807) is 0 Å². The summed E-state index contributed by atoms with van der Waals surface area (Å²) in [5.41, 5.74) is 2.40. The predicted molar refractivity (Wildman–Crippen MR) is 90.1 cm³/mol. The minimum Gasteiger partial charge on any atom is -0.465 e. The molecule has 0 aliphatic carbocycles. The maximum Gasteiger partial charge on any atom is 0.494 e. The number of aryl methyl sites for hydroxylation is 1. The number of esters is 1. The number of rotatable bonds is 2. The van der Waals surface area contributed by atoms with Gasteiger partial charge in [0.15, 0.2) is 0 Å². The lowest BCUT2D eigenvalue weighted by Gasteiger charge is -2.32. The fourth-order valence-electron chi connectivity index (χ4n) is 2.84. The average molecular weight is 315 g/mol. The highest BCUT2D eigenvalue weighted by molar-refractivity contribution is 6.62. The van der Waals surface area contributed by atoms with Crippen molar-refractivity contribution in [2.45, 2.75) is 45.8 Å². The zero-order chi connectivity index (χ0) is 17.0. The van der Waals surface area contributed by atoms with Gasteiger partial charge in [-0.1, -0.05) is 12.1 Å². The van der Waals surface area contributed by atoms with Crippen molar-refractivity contribution in [3.8, 4) is 0 Å². The second-order valence-electron chi connectivity index (χ2n) is 7.01. The summed E-state index contributed by atoms with van der Waals surface area (Å²) in [7, 11) is 0.967. The Kier molecular flexibility index (Phi) is 3.57. The van der Waals surface area contributed by atoms with E-state index in [9.17, 15) is 4.79 Å². The Hall–Kier alpha value is -1.79. The number of benzene rings is 1. The van der Waals surface area contributed by atoms with E-state index in [4.69, 9.17) is 14.0 Å². The maximum absolute atomic E-state index is 11.9. The summed E-state index contributed by atoms with van der Waals surface area (Å²) in [5, 5.41) is 0.842. The summed E-state index contributed by atoms with van der Waals surface area (Å²) in [6.45, 7) is 9.97. The molecule has 1 aromatic heterocycles. The van der Waals surface area contributed by atoms with Crippen molar-refractivity contribution >= 4 is 29.5 Å². The molecule has 5 nitrogen and oxygen atoms in total. The molecule has 1 aliphatic rings. The smallest absolute Gasteiger partial charge is 0.465 e. The zero-order valence-corrected chi connectivity index (χ0v) is 14.4. The molecule has 23 heavy (non-hydrogen) atoms. The topological polar surface area (TPSA) is 60.6 Å². The SMILES string of the molecule is COC(=O)c1c(C)[nH]c2cc(B3OC(C)(C)C(C)(C)O3)ccc12. The van der Waals surface area contributed by atoms with Crippen LogP contribution in [-0.4, -0.2) is 36.4 Å². The fraction of sp³-hybridized carbons (Fsp3) is 0.471. The van der Waals surface area contributed by atoms with Crippen LogP contribution in [-0.2, 0) is 14.0 Å². The molecule has 2 heterocycles. The molecule has 2 aromatic rings. The molecular weight excluding hydrogens is 293 g/mol. The summed E-state index contributed by atoms with van der Waals surface area (Å²) < 4.78 is 17.0. The van der Waals surface area contributed by atoms with E-state index >= 15 is 0 Å². The first-order valence-corrected chi connectivity index (χ1v) is 7.72. The van der Waals surface area contributed by atoms with E-state index in [1.165, 1.54) is 7.11 Å². The molecule has 1 fully saturated rings. The minimum absolute atomic E-state index is 0.336. The normalized spacial score (nSPS) is 19.3. The summed E-state index contributed by atoms with van der Waals surface area (Å²) >= 11 is 0. The van der Waals surface area contributed by atoms with Crippen LogP contribution in [0.5, 0.6) is 0 Å². The number of ether oxygens (including phenoxy) is 1. The first-order chi connectivity index (χ1) is 10.7. The number of carbonyl (C=O) groups excluding carboxylic acids is 1. The standard InChI is InChI=1S/C17H22BNO4/c1-10-14(15(20)21-6)12-8-7-11(9-13(12)19-10)18-22-16(2,3)17(4,5)23-18/h7-9,19H,1-6H3. The number of aromatic nitrogens is 1. The van der Waals surface area contributed by atoms with Crippen LogP contribution >= 0.6 is 0 Å². The Morgan fingerprint density at radius 2 is 1.78 bits per heavy atom. The molecule has 0 atom stereocenters. The van der Waals surface area contributed by atoms with Crippen molar-refractivity contribution in [1.29, 1.82) is 0 Å². The summed E-state index contributed by atoms with van der Waals surface area (Å²) in [5.74, 6) is -0.336. The minimum atomic E-state index is -0.422. The number of H-pyrrole nitrogens is 1. The lowest BCUT2D eigenvalue weighted by atomic mass is 9.79. The van der Waals surface area contributed by atoms with Crippen LogP contribution in [0.2, 0.25) is 0 Å². The van der Waals surface area contributed by atoms with Gasteiger partial charge in [0.25, 0.3) is 0 Å². The van der Waals surface area contributed by atoms with E-state index < -0.39 is 7.12 Å². The largest absolute Gasteiger partial charge is 0.494 e. The van der Waals surface area contributed by atoms with E-state index in [-0.39, 0.29) is 17.2 Å². The van der Waals surface area contributed by atoms with Crippen LogP contribution in [0.25, 0.3) is 10.9 Å². The molecule has 1 aliphatic heterocycles. The van der Waals surface area contributed by atoms with Crippen molar-refractivity contribution in [3.63, 3.8) is 0 Å². The highest BCUT2D eigenvalue weighted by Gasteiger charge is 2.51. The maximum atomic E-state index is 11.9. The molecule has 1 aromatic carbocycles. The number of carbonyl (C=O) groups is 1. The van der Waals surface area contributed by atoms with Gasteiger partial charge in [-0.25, -0.2) is 4.79 Å². The van der Waals surface area contributed by atoms with Crippen molar-refractivity contribution < 1.29 is 18.8 Å². The molecule has 0 saturated carbocycles. The Morgan fingerprint density at radius 1 is 1.17 bits per heavy atom. The van der Waals surface area contributed by atoms with Crippen LogP contribution in [0.3, 0.4) is 0 Å². The fourth-order valence-corrected chi connectivity index (χ4v) is 2.84. The number of fused-ring (bicyclic) bond motifs is 1. The molecule has 0 radical (unpaired) electrons. The molecule has 0 bridgehead atoms. The number of methoxy groups -OCH3 is 1. The highest BCUT2D eigenvalue weighted by Crippen LogP contribution is 2.36. The molecule has 3 rings (SSSR count). The van der Waals surface area contributed by atoms with E-state index in [1.807, 2.05) is 52.8 Å². The third kappa shape index (κ3) is 2.46. The highest BCUT2D eigenvalue weighted by atomic mass is 16.7. The molecular formula is C17H22BNO4. The number of hydrogen-bond acceptors (Lipinski definition) is 4. The second-order valence-corrected chi connectivity index (χ2v) is 7.01. The molecule has 1 saturated heterocycles. The first-order valence-electron chi connectivity index (χ1n) is 7.72. The third-order valence-electron chi connectivity index (χ3n) is 4.93. The van der Waals surface area contributed by atoms with Crippen molar-refractivity contribution in [1.82, 2.24) is 4.98 Å². The van der Waals surface area contributed by atoms with Gasteiger partial charge in [0, 0.05) is 16.6 Å². The first kappa shape index (κ1) is 16.1. The van der Waals surface area contributed by atoms with Gasteiger partial charge < -0.3 is 19.0 Å². The lowest BCUT2D eigenvalue weighted by Crippen LogP contribution is -2.41. The Labute approximate surface area is 136 Å². The van der Waals surface area contributed by atoms with Crippen LogP contribution in [0.15, 0.2) is 18.2 Å². The number of hydrogen-bond donors (Lipinski definition) is 1. The Balaban J connectivity index is 2.01. The molecule has 122 valence electrons.